The molecule has 2 aromatic rings. The highest BCUT2D eigenvalue weighted by Crippen LogP contribution is 2.14. The molecule has 1 saturated heterocycles. The lowest BCUT2D eigenvalue weighted by molar-refractivity contribution is 0.249. The van der Waals surface area contributed by atoms with Gasteiger partial charge in [0.2, 0.25) is 0 Å². The highest BCUT2D eigenvalue weighted by atomic mass is 15.3. The van der Waals surface area contributed by atoms with Gasteiger partial charge in [-0.05, 0) is 24.6 Å². The molecule has 0 atom stereocenters. The molecule has 1 fully saturated rings. The summed E-state index contributed by atoms with van der Waals surface area (Å²) in [7, 11) is 0. The molecule has 2 heterocycles. The van der Waals surface area contributed by atoms with Gasteiger partial charge in [0.05, 0.1) is 0 Å². The molecular formula is C17H21N3. The number of anilines is 1. The zero-order valence-corrected chi connectivity index (χ0v) is 12.0. The molecule has 0 spiro atoms. The van der Waals surface area contributed by atoms with Crippen molar-refractivity contribution in [1.82, 2.24) is 9.88 Å². The molecule has 0 N–H and O–H groups in total. The number of hydrogen-bond donors (Lipinski definition) is 0. The highest BCUT2D eigenvalue weighted by Gasteiger charge is 2.17. The predicted molar refractivity (Wildman–Crippen MR) is 82.9 cm³/mol. The van der Waals surface area contributed by atoms with E-state index < -0.39 is 0 Å². The van der Waals surface area contributed by atoms with Gasteiger partial charge in [0.1, 0.15) is 5.82 Å². The van der Waals surface area contributed by atoms with Crippen molar-refractivity contribution in [3.63, 3.8) is 0 Å². The van der Waals surface area contributed by atoms with Crippen molar-refractivity contribution in [2.45, 2.75) is 13.5 Å². The standard InChI is InChI=1S/C17H21N3/c1-15-5-7-16(8-6-15)14-19-10-12-20(13-11-19)17-4-2-3-9-18-17/h2-9H,10-14H2,1H3. The topological polar surface area (TPSA) is 19.4 Å². The van der Waals surface area contributed by atoms with Crippen LogP contribution in [0.4, 0.5) is 5.82 Å². The van der Waals surface area contributed by atoms with Crippen LogP contribution >= 0.6 is 0 Å². The lowest BCUT2D eigenvalue weighted by atomic mass is 10.1. The van der Waals surface area contributed by atoms with Crippen LogP contribution in [0.2, 0.25) is 0 Å². The van der Waals surface area contributed by atoms with Gasteiger partial charge in [0, 0.05) is 38.9 Å². The summed E-state index contributed by atoms with van der Waals surface area (Å²) in [5.41, 5.74) is 2.73. The van der Waals surface area contributed by atoms with Gasteiger partial charge in [-0.1, -0.05) is 35.9 Å². The first-order chi connectivity index (χ1) is 9.81. The highest BCUT2D eigenvalue weighted by molar-refractivity contribution is 5.38. The molecule has 0 saturated carbocycles. The summed E-state index contributed by atoms with van der Waals surface area (Å²) in [6, 6.07) is 15.0. The third kappa shape index (κ3) is 3.17. The Kier molecular flexibility index (Phi) is 3.97. The molecule has 1 aliphatic rings. The number of pyridine rings is 1. The Morgan fingerprint density at radius 3 is 2.35 bits per heavy atom. The maximum absolute atomic E-state index is 4.43. The largest absolute Gasteiger partial charge is 0.354 e. The van der Waals surface area contributed by atoms with E-state index in [9.17, 15) is 0 Å². The zero-order chi connectivity index (χ0) is 13.8. The van der Waals surface area contributed by atoms with Crippen molar-refractivity contribution in [2.24, 2.45) is 0 Å². The lowest BCUT2D eigenvalue weighted by Crippen LogP contribution is -2.46. The Labute approximate surface area is 120 Å². The van der Waals surface area contributed by atoms with Crippen LogP contribution < -0.4 is 4.90 Å². The summed E-state index contributed by atoms with van der Waals surface area (Å²) >= 11 is 0. The molecule has 0 radical (unpaired) electrons. The van der Waals surface area contributed by atoms with Crippen LogP contribution in [0, 0.1) is 6.92 Å². The van der Waals surface area contributed by atoms with E-state index in [1.54, 1.807) is 0 Å². The van der Waals surface area contributed by atoms with Gasteiger partial charge < -0.3 is 4.90 Å². The molecule has 1 aromatic heterocycles. The monoisotopic (exact) mass is 267 g/mol. The van der Waals surface area contributed by atoms with E-state index in [0.29, 0.717) is 0 Å². The molecule has 3 heteroatoms. The van der Waals surface area contributed by atoms with Crippen molar-refractivity contribution in [1.29, 1.82) is 0 Å². The molecule has 3 rings (SSSR count). The molecule has 20 heavy (non-hydrogen) atoms. The number of rotatable bonds is 3. The van der Waals surface area contributed by atoms with Crippen molar-refractivity contribution < 1.29 is 0 Å². The normalized spacial score (nSPS) is 16.4. The van der Waals surface area contributed by atoms with E-state index in [2.05, 4.69) is 58.1 Å². The van der Waals surface area contributed by atoms with E-state index in [-0.39, 0.29) is 0 Å². The van der Waals surface area contributed by atoms with E-state index >= 15 is 0 Å². The summed E-state index contributed by atoms with van der Waals surface area (Å²) < 4.78 is 0. The first-order valence-corrected chi connectivity index (χ1v) is 7.25. The lowest BCUT2D eigenvalue weighted by Gasteiger charge is -2.35. The molecule has 0 unspecified atom stereocenters. The Morgan fingerprint density at radius 2 is 1.70 bits per heavy atom. The minimum atomic E-state index is 1.05. The van der Waals surface area contributed by atoms with Gasteiger partial charge in [-0.25, -0.2) is 4.98 Å². The molecule has 104 valence electrons. The van der Waals surface area contributed by atoms with Crippen molar-refractivity contribution >= 4 is 5.82 Å². The fourth-order valence-electron chi connectivity index (χ4n) is 2.63. The quantitative estimate of drug-likeness (QED) is 0.852. The molecule has 0 bridgehead atoms. The summed E-state index contributed by atoms with van der Waals surface area (Å²) in [5, 5.41) is 0. The summed E-state index contributed by atoms with van der Waals surface area (Å²) in [5.74, 6) is 1.10. The number of hydrogen-bond acceptors (Lipinski definition) is 3. The average molecular weight is 267 g/mol. The third-order valence-electron chi connectivity index (χ3n) is 3.87. The molecule has 3 nitrogen and oxygen atoms in total. The second-order valence-electron chi connectivity index (χ2n) is 5.44. The Bertz CT molecular complexity index is 528. The van der Waals surface area contributed by atoms with Gasteiger partial charge in [-0.15, -0.1) is 0 Å². The number of aryl methyl sites for hydroxylation is 1. The zero-order valence-electron chi connectivity index (χ0n) is 12.0. The van der Waals surface area contributed by atoms with Crippen molar-refractivity contribution in [3.05, 3.63) is 59.8 Å². The van der Waals surface area contributed by atoms with Crippen molar-refractivity contribution in [2.75, 3.05) is 31.1 Å². The van der Waals surface area contributed by atoms with Gasteiger partial charge in [0.15, 0.2) is 0 Å². The molecule has 0 amide bonds. The molecule has 1 aliphatic heterocycles. The minimum absolute atomic E-state index is 1.05. The smallest absolute Gasteiger partial charge is 0.128 e. The van der Waals surface area contributed by atoms with Crippen LogP contribution in [0.1, 0.15) is 11.1 Å². The first-order valence-electron chi connectivity index (χ1n) is 7.25. The maximum Gasteiger partial charge on any atom is 0.128 e. The van der Waals surface area contributed by atoms with Crippen LogP contribution in [0.3, 0.4) is 0 Å². The average Bonchev–Trinajstić information content (AvgIpc) is 2.51. The number of nitrogens with zero attached hydrogens (tertiary/aromatic N) is 3. The minimum Gasteiger partial charge on any atom is -0.354 e. The first kappa shape index (κ1) is 13.1. The summed E-state index contributed by atoms with van der Waals surface area (Å²) in [6.07, 6.45) is 1.87. The number of aromatic nitrogens is 1. The fourth-order valence-corrected chi connectivity index (χ4v) is 2.63. The van der Waals surface area contributed by atoms with E-state index in [4.69, 9.17) is 0 Å². The van der Waals surface area contributed by atoms with Crippen LogP contribution in [0.15, 0.2) is 48.7 Å². The summed E-state index contributed by atoms with van der Waals surface area (Å²) in [4.78, 5) is 9.31. The van der Waals surface area contributed by atoms with E-state index in [1.165, 1.54) is 11.1 Å². The Hall–Kier alpha value is -1.87. The molecule has 0 aliphatic carbocycles. The Balaban J connectivity index is 1.55. The van der Waals surface area contributed by atoms with Gasteiger partial charge in [-0.3, -0.25) is 4.90 Å². The molecular weight excluding hydrogens is 246 g/mol. The van der Waals surface area contributed by atoms with Gasteiger partial charge in [-0.2, -0.15) is 0 Å². The van der Waals surface area contributed by atoms with E-state index in [0.717, 1.165) is 38.5 Å². The van der Waals surface area contributed by atoms with Gasteiger partial charge in [0.25, 0.3) is 0 Å². The van der Waals surface area contributed by atoms with Crippen LogP contribution in [-0.2, 0) is 6.54 Å². The Morgan fingerprint density at radius 1 is 0.950 bits per heavy atom. The second-order valence-corrected chi connectivity index (χ2v) is 5.44. The van der Waals surface area contributed by atoms with E-state index in [1.807, 2.05) is 12.3 Å². The number of benzene rings is 1. The second kappa shape index (κ2) is 6.06. The maximum atomic E-state index is 4.43. The van der Waals surface area contributed by atoms with Crippen LogP contribution in [0.25, 0.3) is 0 Å². The van der Waals surface area contributed by atoms with Crippen molar-refractivity contribution in [3.8, 4) is 0 Å². The third-order valence-corrected chi connectivity index (χ3v) is 3.87. The summed E-state index contributed by atoms with van der Waals surface area (Å²) in [6.45, 7) is 7.51. The van der Waals surface area contributed by atoms with Gasteiger partial charge >= 0.3 is 0 Å². The predicted octanol–water partition coefficient (Wildman–Crippen LogP) is 2.71. The fraction of sp³-hybridized carbons (Fsp3) is 0.353. The SMILES string of the molecule is Cc1ccc(CN2CCN(c3ccccn3)CC2)cc1. The van der Waals surface area contributed by atoms with Crippen LogP contribution in [0.5, 0.6) is 0 Å². The molecule has 1 aromatic carbocycles. The number of piperazine rings is 1. The van der Waals surface area contributed by atoms with Crippen LogP contribution in [-0.4, -0.2) is 36.1 Å².